The number of amides is 1. The van der Waals surface area contributed by atoms with E-state index in [1.54, 1.807) is 0 Å². The van der Waals surface area contributed by atoms with Crippen LogP contribution < -0.4 is 5.32 Å². The maximum Gasteiger partial charge on any atom is 0.341 e. The van der Waals surface area contributed by atoms with Crippen LogP contribution >= 0.6 is 0 Å². The van der Waals surface area contributed by atoms with E-state index in [0.717, 1.165) is 35.3 Å². The summed E-state index contributed by atoms with van der Waals surface area (Å²) in [6, 6.07) is 2.94. The Labute approximate surface area is 139 Å². The first-order valence-corrected chi connectivity index (χ1v) is 8.80. The molecule has 1 amide bonds. The van der Waals surface area contributed by atoms with Crippen molar-refractivity contribution < 1.29 is 27.1 Å². The lowest BCUT2D eigenvalue weighted by Crippen LogP contribution is -2.37. The van der Waals surface area contributed by atoms with Crippen molar-refractivity contribution in [2.45, 2.75) is 36.8 Å². The lowest BCUT2D eigenvalue weighted by atomic mass is 10.2. The molecule has 0 aliphatic heterocycles. The number of nitrogens with one attached hydrogen (secondary N) is 1. The molecule has 1 aromatic rings. The number of esters is 1. The third-order valence-corrected chi connectivity index (χ3v) is 5.32. The second-order valence-corrected chi connectivity index (χ2v) is 7.91. The van der Waals surface area contributed by atoms with Crippen molar-refractivity contribution >= 4 is 21.9 Å². The molecular weight excluding hydrogens is 339 g/mol. The number of halogens is 1. The summed E-state index contributed by atoms with van der Waals surface area (Å²) in [5.74, 6) is -2.49. The number of carbonyl (C=O) groups is 2. The van der Waals surface area contributed by atoms with Gasteiger partial charge in [-0.05, 0) is 38.0 Å². The first kappa shape index (κ1) is 18.3. The van der Waals surface area contributed by atoms with Gasteiger partial charge in [0.2, 0.25) is 10.0 Å². The minimum atomic E-state index is -3.82. The molecule has 0 saturated heterocycles. The predicted molar refractivity (Wildman–Crippen MR) is 83.3 cm³/mol. The molecule has 2 rings (SSSR count). The van der Waals surface area contributed by atoms with Gasteiger partial charge in [-0.15, -0.1) is 0 Å². The number of benzene rings is 1. The minimum Gasteiger partial charge on any atom is -0.449 e. The van der Waals surface area contributed by atoms with Gasteiger partial charge in [-0.2, -0.15) is 0 Å². The molecule has 1 saturated carbocycles. The van der Waals surface area contributed by atoms with Crippen molar-refractivity contribution in [3.8, 4) is 0 Å². The zero-order chi connectivity index (χ0) is 18.1. The van der Waals surface area contributed by atoms with Gasteiger partial charge in [-0.25, -0.2) is 21.9 Å². The summed E-state index contributed by atoms with van der Waals surface area (Å²) in [5, 5.41) is 2.66. The van der Waals surface area contributed by atoms with Gasteiger partial charge in [0.1, 0.15) is 5.82 Å². The highest BCUT2D eigenvalue weighted by Crippen LogP contribution is 2.20. The Kier molecular flexibility index (Phi) is 5.24. The fraction of sp³-hybridized carbons (Fsp3) is 0.467. The first-order valence-electron chi connectivity index (χ1n) is 7.36. The summed E-state index contributed by atoms with van der Waals surface area (Å²) in [4.78, 5) is 23.6. The molecule has 0 aromatic heterocycles. The number of sulfonamides is 1. The number of hydrogen-bond acceptors (Lipinski definition) is 5. The van der Waals surface area contributed by atoms with Crippen LogP contribution in [0.3, 0.4) is 0 Å². The number of carbonyl (C=O) groups excluding carboxylic acids is 2. The average molecular weight is 358 g/mol. The van der Waals surface area contributed by atoms with E-state index in [1.165, 1.54) is 21.0 Å². The lowest BCUT2D eigenvalue weighted by molar-refractivity contribution is -0.129. The maximum atomic E-state index is 13.9. The molecule has 24 heavy (non-hydrogen) atoms. The third-order valence-electron chi connectivity index (χ3n) is 3.51. The molecule has 0 heterocycles. The Morgan fingerprint density at radius 2 is 1.96 bits per heavy atom. The molecule has 0 bridgehead atoms. The van der Waals surface area contributed by atoms with Crippen LogP contribution in [0.25, 0.3) is 0 Å². The predicted octanol–water partition coefficient (Wildman–Crippen LogP) is 0.900. The molecular formula is C15H19FN2O5S. The summed E-state index contributed by atoms with van der Waals surface area (Å²) >= 11 is 0. The second-order valence-electron chi connectivity index (χ2n) is 5.76. The molecule has 1 aromatic carbocycles. The summed E-state index contributed by atoms with van der Waals surface area (Å²) in [6.07, 6.45) is 0.656. The molecule has 7 nitrogen and oxygen atoms in total. The minimum absolute atomic E-state index is 0.101. The molecule has 1 aliphatic rings. The number of nitrogens with zero attached hydrogens (tertiary/aromatic N) is 1. The van der Waals surface area contributed by atoms with Gasteiger partial charge in [0.05, 0.1) is 10.5 Å². The smallest absolute Gasteiger partial charge is 0.341 e. The summed E-state index contributed by atoms with van der Waals surface area (Å²) < 4.78 is 43.9. The Balaban J connectivity index is 2.17. The Hall–Kier alpha value is -2.00. The van der Waals surface area contributed by atoms with E-state index in [2.05, 4.69) is 5.32 Å². The normalized spacial score (nSPS) is 15.9. The van der Waals surface area contributed by atoms with E-state index >= 15 is 0 Å². The zero-order valence-corrected chi connectivity index (χ0v) is 14.4. The average Bonchev–Trinajstić information content (AvgIpc) is 3.30. The molecule has 1 aliphatic carbocycles. The fourth-order valence-electron chi connectivity index (χ4n) is 1.86. The standard InChI is InChI=1S/C15H19FN2O5S/c1-9(14(19)17-10-4-5-10)23-15(20)12-8-11(6-7-13(12)16)24(21,22)18(2)3/h6-10H,4-5H2,1-3H3,(H,17,19)/t9-/m1/s1. The highest BCUT2D eigenvalue weighted by molar-refractivity contribution is 7.89. The zero-order valence-electron chi connectivity index (χ0n) is 13.6. The number of rotatable bonds is 6. The molecule has 0 radical (unpaired) electrons. The van der Waals surface area contributed by atoms with Crippen molar-refractivity contribution in [1.29, 1.82) is 0 Å². The van der Waals surface area contributed by atoms with Crippen LogP contribution in [-0.2, 0) is 19.6 Å². The number of ether oxygens (including phenoxy) is 1. The Morgan fingerprint density at radius 3 is 2.50 bits per heavy atom. The molecule has 0 spiro atoms. The number of hydrogen-bond donors (Lipinski definition) is 1. The van der Waals surface area contributed by atoms with Crippen molar-refractivity contribution in [1.82, 2.24) is 9.62 Å². The SMILES string of the molecule is C[C@@H](OC(=O)c1cc(S(=O)(=O)N(C)C)ccc1F)C(=O)NC1CC1. The van der Waals surface area contributed by atoms with Gasteiger partial charge < -0.3 is 10.1 Å². The second kappa shape index (κ2) is 6.86. The third kappa shape index (κ3) is 4.09. The Morgan fingerprint density at radius 1 is 1.33 bits per heavy atom. The van der Waals surface area contributed by atoms with Crippen molar-refractivity contribution in [2.24, 2.45) is 0 Å². The molecule has 1 atom stereocenters. The van der Waals surface area contributed by atoms with Gasteiger partial charge in [0.25, 0.3) is 5.91 Å². The summed E-state index contributed by atoms with van der Waals surface area (Å²) in [7, 11) is -1.18. The van der Waals surface area contributed by atoms with Gasteiger partial charge >= 0.3 is 5.97 Å². The maximum absolute atomic E-state index is 13.9. The van der Waals surface area contributed by atoms with E-state index in [0.29, 0.717) is 0 Å². The van der Waals surface area contributed by atoms with Crippen LogP contribution in [0.1, 0.15) is 30.1 Å². The molecule has 1 fully saturated rings. The van der Waals surface area contributed by atoms with E-state index in [-0.39, 0.29) is 10.9 Å². The van der Waals surface area contributed by atoms with Crippen molar-refractivity contribution in [3.05, 3.63) is 29.6 Å². The van der Waals surface area contributed by atoms with Gasteiger partial charge in [0, 0.05) is 20.1 Å². The van der Waals surface area contributed by atoms with Crippen LogP contribution in [0.4, 0.5) is 4.39 Å². The summed E-state index contributed by atoms with van der Waals surface area (Å²) in [5.41, 5.74) is -0.538. The van der Waals surface area contributed by atoms with E-state index in [4.69, 9.17) is 4.74 Å². The molecule has 132 valence electrons. The van der Waals surface area contributed by atoms with Gasteiger partial charge in [-0.1, -0.05) is 0 Å². The van der Waals surface area contributed by atoms with Crippen molar-refractivity contribution in [2.75, 3.05) is 14.1 Å². The van der Waals surface area contributed by atoms with Crippen LogP contribution in [0, 0.1) is 5.82 Å². The van der Waals surface area contributed by atoms with E-state index in [9.17, 15) is 22.4 Å². The highest BCUT2D eigenvalue weighted by atomic mass is 32.2. The van der Waals surface area contributed by atoms with E-state index < -0.39 is 39.4 Å². The fourth-order valence-corrected chi connectivity index (χ4v) is 2.78. The van der Waals surface area contributed by atoms with Crippen LogP contribution in [0.5, 0.6) is 0 Å². The van der Waals surface area contributed by atoms with Crippen molar-refractivity contribution in [3.63, 3.8) is 0 Å². The van der Waals surface area contributed by atoms with Crippen LogP contribution in [0.15, 0.2) is 23.1 Å². The van der Waals surface area contributed by atoms with E-state index in [1.807, 2.05) is 0 Å². The molecule has 9 heteroatoms. The van der Waals surface area contributed by atoms with Crippen LogP contribution in [-0.4, -0.2) is 50.8 Å². The quantitative estimate of drug-likeness (QED) is 0.763. The van der Waals surface area contributed by atoms with Gasteiger partial charge in [0.15, 0.2) is 6.10 Å². The Bertz CT molecular complexity index is 759. The van der Waals surface area contributed by atoms with Gasteiger partial charge in [-0.3, -0.25) is 4.79 Å². The first-order chi connectivity index (χ1) is 11.1. The van der Waals surface area contributed by atoms with Crippen LogP contribution in [0.2, 0.25) is 0 Å². The molecule has 0 unspecified atom stereocenters. The summed E-state index contributed by atoms with van der Waals surface area (Å²) in [6.45, 7) is 1.37. The molecule has 1 N–H and O–H groups in total. The monoisotopic (exact) mass is 358 g/mol. The topological polar surface area (TPSA) is 92.8 Å². The largest absolute Gasteiger partial charge is 0.449 e. The lowest BCUT2D eigenvalue weighted by Gasteiger charge is -2.15. The highest BCUT2D eigenvalue weighted by Gasteiger charge is 2.28.